The van der Waals surface area contributed by atoms with E-state index in [1.807, 2.05) is 18.9 Å². The third-order valence-electron chi connectivity index (χ3n) is 4.16. The summed E-state index contributed by atoms with van der Waals surface area (Å²) in [6.07, 6.45) is 6.16. The molecule has 4 heteroatoms. The molecule has 0 radical (unpaired) electrons. The van der Waals surface area contributed by atoms with Gasteiger partial charge in [-0.2, -0.15) is 0 Å². The predicted octanol–water partition coefficient (Wildman–Crippen LogP) is 2.62. The van der Waals surface area contributed by atoms with Crippen LogP contribution in [-0.2, 0) is 0 Å². The summed E-state index contributed by atoms with van der Waals surface area (Å²) in [4.78, 5) is 18.5. The van der Waals surface area contributed by atoms with Crippen molar-refractivity contribution in [2.75, 3.05) is 12.8 Å². The van der Waals surface area contributed by atoms with Gasteiger partial charge in [0.05, 0.1) is 5.56 Å². The number of aryl methyl sites for hydroxylation is 1. The van der Waals surface area contributed by atoms with Crippen molar-refractivity contribution in [3.8, 4) is 0 Å². The molecule has 0 bridgehead atoms. The Bertz CT molecular complexity index is 464. The monoisotopic (exact) mass is 261 g/mol. The van der Waals surface area contributed by atoms with Crippen LogP contribution in [0.2, 0.25) is 0 Å². The summed E-state index contributed by atoms with van der Waals surface area (Å²) in [6.45, 7) is 4.15. The first kappa shape index (κ1) is 13.8. The van der Waals surface area contributed by atoms with Gasteiger partial charge in [0.25, 0.3) is 5.91 Å². The molecule has 1 heterocycles. The minimum Gasteiger partial charge on any atom is -0.398 e. The van der Waals surface area contributed by atoms with E-state index in [-0.39, 0.29) is 5.91 Å². The Morgan fingerprint density at radius 1 is 1.37 bits per heavy atom. The Kier molecular flexibility index (Phi) is 4.08. The zero-order valence-electron chi connectivity index (χ0n) is 12.0. The van der Waals surface area contributed by atoms with Crippen LogP contribution in [0.15, 0.2) is 12.3 Å². The highest BCUT2D eigenvalue weighted by Gasteiger charge is 2.26. The van der Waals surface area contributed by atoms with Crippen LogP contribution >= 0.6 is 0 Å². The molecule has 1 aliphatic carbocycles. The third-order valence-corrected chi connectivity index (χ3v) is 4.16. The summed E-state index contributed by atoms with van der Waals surface area (Å²) in [7, 11) is 1.88. The van der Waals surface area contributed by atoms with Crippen molar-refractivity contribution in [3.05, 3.63) is 23.5 Å². The number of pyridine rings is 1. The molecule has 1 saturated carbocycles. The van der Waals surface area contributed by atoms with E-state index in [4.69, 9.17) is 5.73 Å². The van der Waals surface area contributed by atoms with Crippen LogP contribution in [0, 0.1) is 12.8 Å². The van der Waals surface area contributed by atoms with E-state index < -0.39 is 0 Å². The molecule has 0 aliphatic heterocycles. The highest BCUT2D eigenvalue weighted by Crippen LogP contribution is 2.27. The summed E-state index contributed by atoms with van der Waals surface area (Å²) >= 11 is 0. The molecule has 1 aromatic heterocycles. The van der Waals surface area contributed by atoms with E-state index >= 15 is 0 Å². The molecule has 0 saturated heterocycles. The number of carbonyl (C=O) groups is 1. The van der Waals surface area contributed by atoms with Gasteiger partial charge in [-0.05, 0) is 44.6 Å². The largest absolute Gasteiger partial charge is 0.398 e. The lowest BCUT2D eigenvalue weighted by Crippen LogP contribution is -2.39. The molecule has 1 amide bonds. The number of anilines is 1. The molecule has 1 aliphatic rings. The van der Waals surface area contributed by atoms with Gasteiger partial charge >= 0.3 is 0 Å². The Hall–Kier alpha value is -1.58. The normalized spacial score (nSPS) is 23.1. The van der Waals surface area contributed by atoms with Gasteiger partial charge in [-0.1, -0.05) is 6.92 Å². The predicted molar refractivity (Wildman–Crippen MR) is 76.9 cm³/mol. The van der Waals surface area contributed by atoms with Gasteiger partial charge < -0.3 is 10.6 Å². The van der Waals surface area contributed by atoms with Crippen LogP contribution in [-0.4, -0.2) is 28.9 Å². The van der Waals surface area contributed by atoms with Gasteiger partial charge in [0.15, 0.2) is 0 Å². The molecular formula is C15H23N3O. The van der Waals surface area contributed by atoms with E-state index in [0.717, 1.165) is 24.5 Å². The second kappa shape index (κ2) is 5.59. The molecule has 1 aromatic rings. The second-order valence-electron chi connectivity index (χ2n) is 5.74. The lowest BCUT2D eigenvalue weighted by Gasteiger charge is -2.33. The second-order valence-corrected chi connectivity index (χ2v) is 5.74. The van der Waals surface area contributed by atoms with Gasteiger partial charge in [0.1, 0.15) is 0 Å². The fraction of sp³-hybridized carbons (Fsp3) is 0.600. The molecule has 0 aromatic carbocycles. The molecule has 2 rings (SSSR count). The molecule has 0 spiro atoms. The van der Waals surface area contributed by atoms with Crippen LogP contribution in [0.5, 0.6) is 0 Å². The van der Waals surface area contributed by atoms with Crippen LogP contribution in [0.1, 0.15) is 48.7 Å². The standard InChI is InChI=1S/C15H23N3O/c1-10-4-6-12(7-5-10)18(3)15(19)13-9-17-11(2)8-14(13)16/h8-10,12H,4-7H2,1-3H3,(H2,16,17). The smallest absolute Gasteiger partial charge is 0.257 e. The Labute approximate surface area is 115 Å². The molecule has 104 valence electrons. The molecule has 1 fully saturated rings. The first-order valence-electron chi connectivity index (χ1n) is 6.98. The zero-order valence-corrected chi connectivity index (χ0v) is 12.0. The minimum atomic E-state index is -0.00967. The maximum atomic E-state index is 12.5. The fourth-order valence-electron chi connectivity index (χ4n) is 2.75. The number of nitrogen functional groups attached to an aromatic ring is 1. The summed E-state index contributed by atoms with van der Waals surface area (Å²) < 4.78 is 0. The summed E-state index contributed by atoms with van der Waals surface area (Å²) in [5.41, 5.74) is 7.80. The molecule has 4 nitrogen and oxygen atoms in total. The first-order valence-corrected chi connectivity index (χ1v) is 6.98. The molecule has 19 heavy (non-hydrogen) atoms. The minimum absolute atomic E-state index is 0.00967. The number of aromatic nitrogens is 1. The van der Waals surface area contributed by atoms with Crippen molar-refractivity contribution in [1.82, 2.24) is 9.88 Å². The van der Waals surface area contributed by atoms with Crippen LogP contribution < -0.4 is 5.73 Å². The molecular weight excluding hydrogens is 238 g/mol. The maximum Gasteiger partial charge on any atom is 0.257 e. The Morgan fingerprint density at radius 3 is 2.58 bits per heavy atom. The van der Waals surface area contributed by atoms with Crippen molar-refractivity contribution in [2.45, 2.75) is 45.6 Å². The van der Waals surface area contributed by atoms with Gasteiger partial charge in [-0.3, -0.25) is 9.78 Å². The quantitative estimate of drug-likeness (QED) is 0.890. The highest BCUT2D eigenvalue weighted by atomic mass is 16.2. The lowest BCUT2D eigenvalue weighted by molar-refractivity contribution is 0.0680. The Balaban J connectivity index is 2.10. The number of nitrogens with zero attached hydrogens (tertiary/aromatic N) is 2. The summed E-state index contributed by atoms with van der Waals surface area (Å²) in [6, 6.07) is 2.09. The lowest BCUT2D eigenvalue weighted by atomic mass is 9.86. The Morgan fingerprint density at radius 2 is 2.00 bits per heavy atom. The highest BCUT2D eigenvalue weighted by molar-refractivity contribution is 5.98. The van der Waals surface area contributed by atoms with Crippen molar-refractivity contribution in [3.63, 3.8) is 0 Å². The number of hydrogen-bond acceptors (Lipinski definition) is 3. The first-order chi connectivity index (χ1) is 8.99. The van der Waals surface area contributed by atoms with E-state index in [1.165, 1.54) is 12.8 Å². The average Bonchev–Trinajstić information content (AvgIpc) is 2.38. The van der Waals surface area contributed by atoms with Crippen molar-refractivity contribution < 1.29 is 4.79 Å². The number of rotatable bonds is 2. The van der Waals surface area contributed by atoms with Gasteiger partial charge in [-0.25, -0.2) is 0 Å². The SMILES string of the molecule is Cc1cc(N)c(C(=O)N(C)C2CCC(C)CC2)cn1. The zero-order chi connectivity index (χ0) is 14.0. The molecule has 0 unspecified atom stereocenters. The topological polar surface area (TPSA) is 59.2 Å². The van der Waals surface area contributed by atoms with Gasteiger partial charge in [0, 0.05) is 30.7 Å². The number of hydrogen-bond donors (Lipinski definition) is 1. The van der Waals surface area contributed by atoms with Crippen molar-refractivity contribution >= 4 is 11.6 Å². The van der Waals surface area contributed by atoms with E-state index in [9.17, 15) is 4.79 Å². The van der Waals surface area contributed by atoms with Gasteiger partial charge in [0.2, 0.25) is 0 Å². The van der Waals surface area contributed by atoms with E-state index in [2.05, 4.69) is 11.9 Å². The maximum absolute atomic E-state index is 12.5. The number of nitrogens with two attached hydrogens (primary N) is 1. The third kappa shape index (κ3) is 3.06. The number of amides is 1. The molecule has 2 N–H and O–H groups in total. The fourth-order valence-corrected chi connectivity index (χ4v) is 2.75. The van der Waals surface area contributed by atoms with Crippen molar-refractivity contribution in [1.29, 1.82) is 0 Å². The van der Waals surface area contributed by atoms with E-state index in [1.54, 1.807) is 12.3 Å². The van der Waals surface area contributed by atoms with Crippen LogP contribution in [0.4, 0.5) is 5.69 Å². The van der Waals surface area contributed by atoms with Crippen molar-refractivity contribution in [2.24, 2.45) is 5.92 Å². The summed E-state index contributed by atoms with van der Waals surface area (Å²) in [5, 5.41) is 0. The average molecular weight is 261 g/mol. The van der Waals surface area contributed by atoms with E-state index in [0.29, 0.717) is 17.3 Å². The van der Waals surface area contributed by atoms with Crippen LogP contribution in [0.3, 0.4) is 0 Å². The van der Waals surface area contributed by atoms with Crippen LogP contribution in [0.25, 0.3) is 0 Å². The van der Waals surface area contributed by atoms with Gasteiger partial charge in [-0.15, -0.1) is 0 Å². The summed E-state index contributed by atoms with van der Waals surface area (Å²) in [5.74, 6) is 0.774. The number of carbonyl (C=O) groups excluding carboxylic acids is 1. The molecule has 0 atom stereocenters.